The normalized spacial score (nSPS) is 11.5. The van der Waals surface area contributed by atoms with Crippen molar-refractivity contribution in [3.05, 3.63) is 54.7 Å². The highest BCUT2D eigenvalue weighted by atomic mass is 32.1. The molecule has 0 aliphatic heterocycles. The van der Waals surface area contributed by atoms with Crippen LogP contribution in [0, 0.1) is 0 Å². The number of nitrogens with one attached hydrogen (secondary N) is 2. The second kappa shape index (κ2) is 11.7. The Kier molecular flexibility index (Phi) is 8.37. The molecule has 0 bridgehead atoms. The summed E-state index contributed by atoms with van der Waals surface area (Å²) in [5.74, 6) is 0.372. The highest BCUT2D eigenvalue weighted by molar-refractivity contribution is 7.53. The minimum atomic E-state index is -3.30. The van der Waals surface area contributed by atoms with Crippen LogP contribution in [0.25, 0.3) is 32.6 Å². The van der Waals surface area contributed by atoms with Crippen LogP contribution in [-0.4, -0.2) is 45.7 Å². The van der Waals surface area contributed by atoms with E-state index < -0.39 is 7.60 Å². The fourth-order valence-electron chi connectivity index (χ4n) is 3.55. The van der Waals surface area contributed by atoms with E-state index in [2.05, 4.69) is 30.6 Å². The van der Waals surface area contributed by atoms with Crippen LogP contribution in [0.5, 0.6) is 0 Å². The van der Waals surface area contributed by atoms with E-state index in [0.717, 1.165) is 27.1 Å². The molecule has 0 radical (unpaired) electrons. The van der Waals surface area contributed by atoms with E-state index in [1.807, 2.05) is 37.3 Å². The minimum Gasteiger partial charge on any atom is -0.338 e. The molecule has 4 rings (SSSR count). The molecule has 188 valence electrons. The van der Waals surface area contributed by atoms with E-state index in [-0.39, 0.29) is 25.4 Å². The third kappa shape index (κ3) is 6.11. The molecule has 3 aromatic heterocycles. The summed E-state index contributed by atoms with van der Waals surface area (Å²) in [6.45, 7) is 6.44. The van der Waals surface area contributed by atoms with Gasteiger partial charge in [0.15, 0.2) is 5.13 Å². The van der Waals surface area contributed by atoms with Crippen LogP contribution in [0.4, 0.5) is 9.93 Å². The van der Waals surface area contributed by atoms with E-state index in [0.29, 0.717) is 23.0 Å². The number of thiazole rings is 1. The molecule has 0 aliphatic carbocycles. The first-order chi connectivity index (χ1) is 17.4. The zero-order valence-electron chi connectivity index (χ0n) is 20.2. The summed E-state index contributed by atoms with van der Waals surface area (Å²) < 4.78 is 24.4. The third-order valence-corrected chi connectivity index (χ3v) is 8.01. The standard InChI is InChI=1S/C24H27N6O4PS/c1-4-25-23(31)30-24-29-20-12-16(11-18(22(20)36-24)19-9-7-8-10-26-19)17-13-27-21(28-14-17)15-35(32,33-5-2)34-6-3/h7-14H,4-6,15H2,1-3H3,(H2,25,29,30,31). The molecule has 0 fully saturated rings. The lowest BCUT2D eigenvalue weighted by molar-refractivity contribution is 0.218. The molecule has 4 aromatic rings. The number of anilines is 1. The second-order valence-electron chi connectivity index (χ2n) is 7.58. The first-order valence-electron chi connectivity index (χ1n) is 11.5. The lowest BCUT2D eigenvalue weighted by Gasteiger charge is -2.16. The number of carbonyl (C=O) groups excluding carboxylic acids is 1. The summed E-state index contributed by atoms with van der Waals surface area (Å²) in [6, 6.07) is 9.31. The summed E-state index contributed by atoms with van der Waals surface area (Å²) in [4.78, 5) is 30.0. The first-order valence-corrected chi connectivity index (χ1v) is 14.1. The number of benzene rings is 1. The van der Waals surface area contributed by atoms with Gasteiger partial charge in [-0.25, -0.2) is 19.7 Å². The maximum absolute atomic E-state index is 12.8. The SMILES string of the molecule is CCNC(=O)Nc1nc2cc(-c3cnc(CP(=O)(OCC)OCC)nc3)cc(-c3ccccn3)c2s1. The number of hydrogen-bond donors (Lipinski definition) is 2. The summed E-state index contributed by atoms with van der Waals surface area (Å²) >= 11 is 1.38. The average molecular weight is 527 g/mol. The Bertz CT molecular complexity index is 1370. The Morgan fingerprint density at radius 3 is 2.42 bits per heavy atom. The van der Waals surface area contributed by atoms with Crippen molar-refractivity contribution in [1.29, 1.82) is 0 Å². The van der Waals surface area contributed by atoms with Gasteiger partial charge in [-0.3, -0.25) is 14.9 Å². The molecule has 0 aliphatic rings. The van der Waals surface area contributed by atoms with Gasteiger partial charge < -0.3 is 14.4 Å². The molecule has 12 heteroatoms. The fourth-order valence-corrected chi connectivity index (χ4v) is 6.06. The predicted molar refractivity (Wildman–Crippen MR) is 141 cm³/mol. The topological polar surface area (TPSA) is 128 Å². The quantitative estimate of drug-likeness (QED) is 0.251. The van der Waals surface area contributed by atoms with E-state index in [9.17, 15) is 9.36 Å². The number of carbonyl (C=O) groups is 1. The van der Waals surface area contributed by atoms with Crippen molar-refractivity contribution >= 4 is 40.3 Å². The Morgan fingerprint density at radius 2 is 1.78 bits per heavy atom. The van der Waals surface area contributed by atoms with Crippen molar-refractivity contribution in [3.8, 4) is 22.4 Å². The smallest absolute Gasteiger partial charge is 0.338 e. The van der Waals surface area contributed by atoms with E-state index in [1.165, 1.54) is 11.3 Å². The van der Waals surface area contributed by atoms with Crippen LogP contribution in [0.2, 0.25) is 0 Å². The largest absolute Gasteiger partial charge is 0.338 e. The van der Waals surface area contributed by atoms with Crippen LogP contribution < -0.4 is 10.6 Å². The zero-order chi connectivity index (χ0) is 25.5. The van der Waals surface area contributed by atoms with Crippen LogP contribution in [0.15, 0.2) is 48.9 Å². The molecule has 3 heterocycles. The number of aromatic nitrogens is 4. The van der Waals surface area contributed by atoms with Gasteiger partial charge in [-0.05, 0) is 50.6 Å². The van der Waals surface area contributed by atoms with Gasteiger partial charge >= 0.3 is 13.6 Å². The molecule has 2 N–H and O–H groups in total. The molecular formula is C24H27N6O4PS. The number of fused-ring (bicyclic) bond motifs is 1. The van der Waals surface area contributed by atoms with Crippen molar-refractivity contribution in [3.63, 3.8) is 0 Å². The number of rotatable bonds is 10. The van der Waals surface area contributed by atoms with Crippen LogP contribution in [0.1, 0.15) is 26.6 Å². The van der Waals surface area contributed by atoms with Crippen molar-refractivity contribution in [2.75, 3.05) is 25.1 Å². The fraction of sp³-hybridized carbons (Fsp3) is 0.292. The average Bonchev–Trinajstić information content (AvgIpc) is 3.27. The van der Waals surface area contributed by atoms with Gasteiger partial charge in [0.2, 0.25) is 0 Å². The van der Waals surface area contributed by atoms with Crippen LogP contribution in [-0.2, 0) is 19.8 Å². The number of nitrogens with zero attached hydrogens (tertiary/aromatic N) is 4. The molecule has 0 saturated carbocycles. The molecule has 0 spiro atoms. The van der Waals surface area contributed by atoms with E-state index in [4.69, 9.17) is 9.05 Å². The number of hydrogen-bond acceptors (Lipinski definition) is 9. The van der Waals surface area contributed by atoms with Crippen LogP contribution in [0.3, 0.4) is 0 Å². The van der Waals surface area contributed by atoms with Crippen molar-refractivity contribution in [1.82, 2.24) is 25.3 Å². The maximum Gasteiger partial charge on any atom is 0.338 e. The molecule has 0 atom stereocenters. The van der Waals surface area contributed by atoms with Gasteiger partial charge in [-0.15, -0.1) is 0 Å². The molecule has 1 aromatic carbocycles. The summed E-state index contributed by atoms with van der Waals surface area (Å²) in [5, 5.41) is 5.98. The van der Waals surface area contributed by atoms with Crippen molar-refractivity contribution in [2.24, 2.45) is 0 Å². The van der Waals surface area contributed by atoms with Gasteiger partial charge in [0, 0.05) is 36.3 Å². The minimum absolute atomic E-state index is 0.00583. The van der Waals surface area contributed by atoms with Gasteiger partial charge in [0.25, 0.3) is 0 Å². The molecule has 0 unspecified atom stereocenters. The predicted octanol–water partition coefficient (Wildman–Crippen LogP) is 5.72. The van der Waals surface area contributed by atoms with Gasteiger partial charge in [0.1, 0.15) is 12.0 Å². The zero-order valence-corrected chi connectivity index (χ0v) is 21.9. The Labute approximate surface area is 213 Å². The van der Waals surface area contributed by atoms with Crippen molar-refractivity contribution < 1.29 is 18.4 Å². The Balaban J connectivity index is 1.70. The summed E-state index contributed by atoms with van der Waals surface area (Å²) in [5.41, 5.74) is 3.97. The third-order valence-electron chi connectivity index (χ3n) is 5.01. The molecule has 36 heavy (non-hydrogen) atoms. The van der Waals surface area contributed by atoms with Crippen LogP contribution >= 0.6 is 18.9 Å². The lowest BCUT2D eigenvalue weighted by atomic mass is 10.0. The Morgan fingerprint density at radius 1 is 1.03 bits per heavy atom. The monoisotopic (exact) mass is 526 g/mol. The van der Waals surface area contributed by atoms with Crippen molar-refractivity contribution in [2.45, 2.75) is 26.9 Å². The highest BCUT2D eigenvalue weighted by Crippen LogP contribution is 2.50. The molecule has 0 saturated heterocycles. The van der Waals surface area contributed by atoms with Gasteiger partial charge in [0.05, 0.1) is 29.1 Å². The number of amides is 2. The number of urea groups is 1. The van der Waals surface area contributed by atoms with E-state index in [1.54, 1.807) is 32.4 Å². The van der Waals surface area contributed by atoms with Gasteiger partial charge in [-0.1, -0.05) is 17.4 Å². The lowest BCUT2D eigenvalue weighted by Crippen LogP contribution is -2.28. The van der Waals surface area contributed by atoms with E-state index >= 15 is 0 Å². The summed E-state index contributed by atoms with van der Waals surface area (Å²) in [6.07, 6.45) is 5.08. The maximum atomic E-state index is 12.8. The number of pyridine rings is 1. The summed E-state index contributed by atoms with van der Waals surface area (Å²) in [7, 11) is -3.30. The molecular weight excluding hydrogens is 499 g/mol. The highest BCUT2D eigenvalue weighted by Gasteiger charge is 2.25. The first kappa shape index (κ1) is 25.8. The van der Waals surface area contributed by atoms with Gasteiger partial charge in [-0.2, -0.15) is 0 Å². The Hall–Kier alpha value is -3.24. The molecule has 10 nitrogen and oxygen atoms in total. The second-order valence-corrected chi connectivity index (χ2v) is 10.6. The molecule has 2 amide bonds.